The third-order valence-corrected chi connectivity index (χ3v) is 4.72. The van der Waals surface area contributed by atoms with E-state index >= 15 is 0 Å². The number of halogens is 1. The van der Waals surface area contributed by atoms with Crippen molar-refractivity contribution in [3.63, 3.8) is 0 Å². The van der Waals surface area contributed by atoms with Crippen molar-refractivity contribution in [2.45, 2.75) is 44.2 Å². The van der Waals surface area contributed by atoms with Gasteiger partial charge in [-0.25, -0.2) is 8.42 Å². The minimum atomic E-state index is -3.50. The largest absolute Gasteiger partial charge is 0.506 e. The summed E-state index contributed by atoms with van der Waals surface area (Å²) in [6, 6.07) is 7.05. The van der Waals surface area contributed by atoms with Gasteiger partial charge in [0, 0.05) is 18.4 Å². The van der Waals surface area contributed by atoms with E-state index in [0.717, 1.165) is 17.6 Å². The number of hydrogen-bond donors (Lipinski definition) is 2. The summed E-state index contributed by atoms with van der Waals surface area (Å²) in [4.78, 5) is -0.0280. The Labute approximate surface area is 149 Å². The number of hydrogen-bond acceptors (Lipinski definition) is 5. The number of aromatic hydroxyl groups is 1. The van der Waals surface area contributed by atoms with Crippen molar-refractivity contribution in [2.24, 2.45) is 0 Å². The van der Waals surface area contributed by atoms with Gasteiger partial charge < -0.3 is 14.8 Å². The Morgan fingerprint density at radius 1 is 1.21 bits per heavy atom. The SMILES string of the molecule is CC(C)(C)c1cc(CNCc2ccco2)c(O)c(S(C)(=O)=O)c1.Cl. The van der Waals surface area contributed by atoms with Crippen molar-refractivity contribution in [1.82, 2.24) is 5.32 Å². The van der Waals surface area contributed by atoms with Crippen LogP contribution in [-0.2, 0) is 28.3 Å². The fraction of sp³-hybridized carbons (Fsp3) is 0.412. The second kappa shape index (κ2) is 7.59. The van der Waals surface area contributed by atoms with Crippen LogP contribution < -0.4 is 5.32 Å². The van der Waals surface area contributed by atoms with Crippen LogP contribution in [0.3, 0.4) is 0 Å². The van der Waals surface area contributed by atoms with Gasteiger partial charge in [-0.05, 0) is 29.2 Å². The fourth-order valence-electron chi connectivity index (χ4n) is 2.25. The second-order valence-corrected chi connectivity index (χ2v) is 8.67. The van der Waals surface area contributed by atoms with Crippen LogP contribution >= 0.6 is 12.4 Å². The smallest absolute Gasteiger partial charge is 0.179 e. The normalized spacial score (nSPS) is 12.0. The molecule has 0 saturated carbocycles. The second-order valence-electron chi connectivity index (χ2n) is 6.69. The van der Waals surface area contributed by atoms with Crippen LogP contribution in [0.1, 0.15) is 37.7 Å². The Morgan fingerprint density at radius 3 is 2.38 bits per heavy atom. The molecule has 5 nitrogen and oxygen atoms in total. The molecule has 0 saturated heterocycles. The zero-order valence-corrected chi connectivity index (χ0v) is 15.9. The third-order valence-electron chi connectivity index (χ3n) is 3.61. The average Bonchev–Trinajstić information content (AvgIpc) is 2.91. The van der Waals surface area contributed by atoms with Crippen LogP contribution in [0, 0.1) is 0 Å². The highest BCUT2D eigenvalue weighted by Crippen LogP contribution is 2.33. The lowest BCUT2D eigenvalue weighted by Crippen LogP contribution is -2.17. The Hall–Kier alpha value is -1.50. The van der Waals surface area contributed by atoms with Gasteiger partial charge in [-0.15, -0.1) is 12.4 Å². The van der Waals surface area contributed by atoms with E-state index in [1.165, 1.54) is 0 Å². The molecule has 0 unspecified atom stereocenters. The highest BCUT2D eigenvalue weighted by molar-refractivity contribution is 7.90. The van der Waals surface area contributed by atoms with E-state index in [1.807, 2.05) is 32.9 Å². The maximum absolute atomic E-state index is 12.0. The quantitative estimate of drug-likeness (QED) is 0.839. The van der Waals surface area contributed by atoms with Crippen LogP contribution in [0.25, 0.3) is 0 Å². The van der Waals surface area contributed by atoms with Gasteiger partial charge in [-0.1, -0.05) is 26.8 Å². The molecule has 0 aliphatic heterocycles. The lowest BCUT2D eigenvalue weighted by Gasteiger charge is -2.22. The van der Waals surface area contributed by atoms with Crippen molar-refractivity contribution in [1.29, 1.82) is 0 Å². The van der Waals surface area contributed by atoms with Crippen LogP contribution in [0.4, 0.5) is 0 Å². The van der Waals surface area contributed by atoms with E-state index in [0.29, 0.717) is 18.7 Å². The van der Waals surface area contributed by atoms with E-state index < -0.39 is 9.84 Å². The molecule has 0 fully saturated rings. The molecular weight excluding hydrogens is 350 g/mol. The molecule has 134 valence electrons. The summed E-state index contributed by atoms with van der Waals surface area (Å²) < 4.78 is 29.1. The van der Waals surface area contributed by atoms with Crippen LogP contribution in [0.15, 0.2) is 39.8 Å². The molecule has 0 spiro atoms. The minimum absolute atomic E-state index is 0. The molecule has 0 aliphatic rings. The van der Waals surface area contributed by atoms with Crippen LogP contribution in [0.2, 0.25) is 0 Å². The lowest BCUT2D eigenvalue weighted by molar-refractivity contribution is 0.441. The molecule has 7 heteroatoms. The molecule has 0 aliphatic carbocycles. The molecule has 1 heterocycles. The molecule has 1 aromatic carbocycles. The predicted molar refractivity (Wildman–Crippen MR) is 96.4 cm³/mol. The monoisotopic (exact) mass is 373 g/mol. The Morgan fingerprint density at radius 2 is 1.88 bits per heavy atom. The van der Waals surface area contributed by atoms with Gasteiger partial charge in [0.05, 0.1) is 12.8 Å². The Kier molecular flexibility index (Phi) is 6.50. The van der Waals surface area contributed by atoms with Gasteiger partial charge in [-0.2, -0.15) is 0 Å². The standard InChI is InChI=1S/C17H23NO4S.ClH/c1-17(2,3)13-8-12(10-18-11-14-6-5-7-22-14)16(19)15(9-13)23(4,20)21;/h5-9,18-19H,10-11H2,1-4H3;1H. The zero-order valence-electron chi connectivity index (χ0n) is 14.3. The highest BCUT2D eigenvalue weighted by Gasteiger charge is 2.22. The number of furan rings is 1. The summed E-state index contributed by atoms with van der Waals surface area (Å²) in [6.07, 6.45) is 2.70. The highest BCUT2D eigenvalue weighted by atomic mass is 35.5. The molecule has 2 aromatic rings. The molecule has 0 atom stereocenters. The van der Waals surface area contributed by atoms with E-state index in [1.54, 1.807) is 18.4 Å². The van der Waals surface area contributed by atoms with Gasteiger partial charge in [-0.3, -0.25) is 0 Å². The molecule has 0 radical (unpaired) electrons. The van der Waals surface area contributed by atoms with E-state index in [2.05, 4.69) is 5.32 Å². The van der Waals surface area contributed by atoms with Gasteiger partial charge in [0.25, 0.3) is 0 Å². The van der Waals surface area contributed by atoms with E-state index in [9.17, 15) is 13.5 Å². The van der Waals surface area contributed by atoms with Crippen molar-refractivity contribution in [2.75, 3.05) is 6.26 Å². The predicted octanol–water partition coefficient (Wildman–Crippen LogP) is 3.40. The first-order chi connectivity index (χ1) is 10.6. The molecule has 24 heavy (non-hydrogen) atoms. The molecular formula is C17H24ClNO4S. The minimum Gasteiger partial charge on any atom is -0.506 e. The lowest BCUT2D eigenvalue weighted by atomic mass is 9.86. The maximum atomic E-state index is 12.0. The van der Waals surface area contributed by atoms with Gasteiger partial charge in [0.1, 0.15) is 16.4 Å². The van der Waals surface area contributed by atoms with Gasteiger partial charge >= 0.3 is 0 Å². The van der Waals surface area contributed by atoms with E-state index in [4.69, 9.17) is 4.42 Å². The third kappa shape index (κ3) is 5.00. The van der Waals surface area contributed by atoms with E-state index in [-0.39, 0.29) is 28.5 Å². The molecule has 1 aromatic heterocycles. The molecule has 0 amide bonds. The summed E-state index contributed by atoms with van der Waals surface area (Å²) >= 11 is 0. The number of nitrogens with one attached hydrogen (secondary N) is 1. The summed E-state index contributed by atoms with van der Waals surface area (Å²) in [7, 11) is -3.50. The summed E-state index contributed by atoms with van der Waals surface area (Å²) in [5.74, 6) is 0.590. The molecule has 2 N–H and O–H groups in total. The van der Waals surface area contributed by atoms with Crippen LogP contribution in [0.5, 0.6) is 5.75 Å². The molecule has 2 rings (SSSR count). The van der Waals surface area contributed by atoms with Gasteiger partial charge in [0.15, 0.2) is 9.84 Å². The van der Waals surface area contributed by atoms with Crippen LogP contribution in [-0.4, -0.2) is 19.8 Å². The molecule has 0 bridgehead atoms. The summed E-state index contributed by atoms with van der Waals surface area (Å²) in [6.45, 7) is 6.86. The topological polar surface area (TPSA) is 79.5 Å². The first kappa shape index (κ1) is 20.5. The van der Waals surface area contributed by atoms with Crippen molar-refractivity contribution >= 4 is 22.2 Å². The van der Waals surface area contributed by atoms with Crippen molar-refractivity contribution in [3.05, 3.63) is 47.4 Å². The summed E-state index contributed by atoms with van der Waals surface area (Å²) in [5, 5.41) is 13.5. The van der Waals surface area contributed by atoms with Gasteiger partial charge in [0.2, 0.25) is 0 Å². The number of phenols is 1. The first-order valence-corrected chi connectivity index (χ1v) is 9.27. The zero-order chi connectivity index (χ0) is 17.3. The first-order valence-electron chi connectivity index (χ1n) is 7.38. The number of rotatable bonds is 5. The number of phenolic OH excluding ortho intramolecular Hbond substituents is 1. The number of sulfone groups is 1. The van der Waals surface area contributed by atoms with Crippen molar-refractivity contribution < 1.29 is 17.9 Å². The summed E-state index contributed by atoms with van der Waals surface area (Å²) in [5.41, 5.74) is 1.21. The average molecular weight is 374 g/mol. The fourth-order valence-corrected chi connectivity index (χ4v) is 3.07. The Balaban J connectivity index is 0.00000288. The maximum Gasteiger partial charge on any atom is 0.179 e. The van der Waals surface area contributed by atoms with Crippen molar-refractivity contribution in [3.8, 4) is 5.75 Å². The number of benzene rings is 1. The Bertz CT molecular complexity index is 778.